The van der Waals surface area contributed by atoms with Crippen molar-refractivity contribution in [2.75, 3.05) is 0 Å². The lowest BCUT2D eigenvalue weighted by Crippen LogP contribution is -2.22. The van der Waals surface area contributed by atoms with Crippen molar-refractivity contribution >= 4 is 21.4 Å². The fourth-order valence-corrected chi connectivity index (χ4v) is 3.82. The number of thiophene rings is 1. The molecule has 0 aromatic carbocycles. The van der Waals surface area contributed by atoms with E-state index in [2.05, 4.69) is 10.0 Å². The third kappa shape index (κ3) is 3.94. The summed E-state index contributed by atoms with van der Waals surface area (Å²) >= 11 is 1.58. The summed E-state index contributed by atoms with van der Waals surface area (Å²) < 4.78 is 32.3. The maximum atomic E-state index is 12.2. The van der Waals surface area contributed by atoms with Gasteiger partial charge < -0.3 is 9.73 Å². The average Bonchev–Trinajstić information content (AvgIpc) is 2.97. The first-order valence-corrected chi connectivity index (χ1v) is 9.20. The monoisotopic (exact) mass is 326 g/mol. The van der Waals surface area contributed by atoms with Gasteiger partial charge >= 0.3 is 0 Å². The molecule has 0 spiro atoms. The molecule has 2 aromatic rings. The summed E-state index contributed by atoms with van der Waals surface area (Å²) in [5.41, 5.74) is 0. The summed E-state index contributed by atoms with van der Waals surface area (Å²) in [6, 6.07) is 7.68. The van der Waals surface area contributed by atoms with E-state index in [0.29, 0.717) is 18.3 Å². The van der Waals surface area contributed by atoms with Crippen LogP contribution in [0.5, 0.6) is 0 Å². The SMILES string of the molecule is Cc1ccc(CNS(=O)(=O)c2ccc(CNC3CC3)o2)s1. The van der Waals surface area contributed by atoms with Crippen molar-refractivity contribution in [1.82, 2.24) is 10.0 Å². The van der Waals surface area contributed by atoms with Gasteiger partial charge in [-0.15, -0.1) is 11.3 Å². The van der Waals surface area contributed by atoms with Gasteiger partial charge in [-0.2, -0.15) is 0 Å². The number of hydrogen-bond acceptors (Lipinski definition) is 5. The molecule has 3 rings (SSSR count). The van der Waals surface area contributed by atoms with Gasteiger partial charge in [0, 0.05) is 22.3 Å². The van der Waals surface area contributed by atoms with Crippen LogP contribution in [-0.2, 0) is 23.1 Å². The van der Waals surface area contributed by atoms with E-state index >= 15 is 0 Å². The molecule has 114 valence electrons. The van der Waals surface area contributed by atoms with Crippen LogP contribution in [0.3, 0.4) is 0 Å². The van der Waals surface area contributed by atoms with Gasteiger partial charge in [0.2, 0.25) is 5.09 Å². The standard InChI is InChI=1S/C14H18N2O3S2/c1-10-2-6-13(20-10)9-16-21(17,18)14-7-5-12(19-14)8-15-11-3-4-11/h2,5-7,11,15-16H,3-4,8-9H2,1H3. The molecule has 1 fully saturated rings. The van der Waals surface area contributed by atoms with Crippen LogP contribution in [0.4, 0.5) is 0 Å². The third-order valence-electron chi connectivity index (χ3n) is 3.28. The fraction of sp³-hybridized carbons (Fsp3) is 0.429. The number of sulfonamides is 1. The zero-order chi connectivity index (χ0) is 14.9. The van der Waals surface area contributed by atoms with Crippen LogP contribution >= 0.6 is 11.3 Å². The molecule has 0 bridgehead atoms. The highest BCUT2D eigenvalue weighted by Crippen LogP contribution is 2.21. The van der Waals surface area contributed by atoms with Crippen LogP contribution in [0.25, 0.3) is 0 Å². The third-order valence-corrected chi connectivity index (χ3v) is 5.55. The lowest BCUT2D eigenvalue weighted by atomic mass is 10.4. The molecular formula is C14H18N2O3S2. The molecule has 0 atom stereocenters. The summed E-state index contributed by atoms with van der Waals surface area (Å²) in [4.78, 5) is 2.15. The maximum absolute atomic E-state index is 12.2. The molecule has 0 amide bonds. The maximum Gasteiger partial charge on any atom is 0.274 e. The largest absolute Gasteiger partial charge is 0.447 e. The lowest BCUT2D eigenvalue weighted by molar-refractivity contribution is 0.399. The topological polar surface area (TPSA) is 71.3 Å². The normalized spacial score (nSPS) is 15.5. The van der Waals surface area contributed by atoms with Gasteiger partial charge in [0.15, 0.2) is 0 Å². The van der Waals surface area contributed by atoms with Gasteiger partial charge in [-0.3, -0.25) is 0 Å². The number of aryl methyl sites for hydroxylation is 1. The van der Waals surface area contributed by atoms with Crippen LogP contribution in [0.2, 0.25) is 0 Å². The molecule has 1 aliphatic carbocycles. The molecule has 1 saturated carbocycles. The van der Waals surface area contributed by atoms with E-state index in [4.69, 9.17) is 4.42 Å². The predicted octanol–water partition coefficient (Wildman–Crippen LogP) is 2.38. The number of hydrogen-bond donors (Lipinski definition) is 2. The van der Waals surface area contributed by atoms with Crippen molar-refractivity contribution in [1.29, 1.82) is 0 Å². The van der Waals surface area contributed by atoms with Crippen LogP contribution in [0, 0.1) is 6.92 Å². The van der Waals surface area contributed by atoms with Crippen LogP contribution in [0.1, 0.15) is 28.4 Å². The second-order valence-corrected chi connectivity index (χ2v) is 8.28. The molecule has 0 unspecified atom stereocenters. The van der Waals surface area contributed by atoms with Crippen LogP contribution in [0.15, 0.2) is 33.8 Å². The quantitative estimate of drug-likeness (QED) is 0.819. The van der Waals surface area contributed by atoms with E-state index in [-0.39, 0.29) is 11.6 Å². The Labute approximate surface area is 128 Å². The van der Waals surface area contributed by atoms with Crippen molar-refractivity contribution in [3.8, 4) is 0 Å². The minimum Gasteiger partial charge on any atom is -0.447 e. The smallest absolute Gasteiger partial charge is 0.274 e. The van der Waals surface area contributed by atoms with Gasteiger partial charge in [-0.25, -0.2) is 13.1 Å². The minimum absolute atomic E-state index is 0.0247. The summed E-state index contributed by atoms with van der Waals surface area (Å²) in [7, 11) is -3.59. The Kier molecular flexibility index (Phi) is 4.17. The summed E-state index contributed by atoms with van der Waals surface area (Å²) in [6.45, 7) is 2.86. The summed E-state index contributed by atoms with van der Waals surface area (Å²) in [6.07, 6.45) is 2.38. The van der Waals surface area contributed by atoms with E-state index < -0.39 is 10.0 Å². The second-order valence-electron chi connectivity index (χ2n) is 5.21. The molecule has 2 aromatic heterocycles. The second kappa shape index (κ2) is 5.92. The van der Waals surface area contributed by atoms with E-state index in [1.165, 1.54) is 18.9 Å². The van der Waals surface area contributed by atoms with Gasteiger partial charge in [-0.1, -0.05) is 0 Å². The lowest BCUT2D eigenvalue weighted by Gasteiger charge is -2.03. The zero-order valence-electron chi connectivity index (χ0n) is 11.8. The molecular weight excluding hydrogens is 308 g/mol. The minimum atomic E-state index is -3.59. The Balaban J connectivity index is 1.60. The molecule has 21 heavy (non-hydrogen) atoms. The van der Waals surface area contributed by atoms with Crippen molar-refractivity contribution in [2.45, 2.75) is 44.0 Å². The molecule has 2 N–H and O–H groups in total. The van der Waals surface area contributed by atoms with E-state index in [1.54, 1.807) is 17.4 Å². The Morgan fingerprint density at radius 3 is 2.71 bits per heavy atom. The van der Waals surface area contributed by atoms with Gasteiger partial charge in [0.1, 0.15) is 5.76 Å². The predicted molar refractivity (Wildman–Crippen MR) is 81.7 cm³/mol. The fourth-order valence-electron chi connectivity index (χ4n) is 1.95. The first kappa shape index (κ1) is 14.8. The van der Waals surface area contributed by atoms with Gasteiger partial charge in [0.25, 0.3) is 10.0 Å². The molecule has 5 nitrogen and oxygen atoms in total. The van der Waals surface area contributed by atoms with Crippen molar-refractivity contribution in [3.63, 3.8) is 0 Å². The van der Waals surface area contributed by atoms with E-state index in [0.717, 1.165) is 9.75 Å². The summed E-state index contributed by atoms with van der Waals surface area (Å²) in [5, 5.41) is 3.27. The zero-order valence-corrected chi connectivity index (χ0v) is 13.4. The first-order chi connectivity index (χ1) is 10.0. The molecule has 0 radical (unpaired) electrons. The highest BCUT2D eigenvalue weighted by molar-refractivity contribution is 7.89. The van der Waals surface area contributed by atoms with Gasteiger partial charge in [-0.05, 0) is 44.0 Å². The van der Waals surface area contributed by atoms with Crippen molar-refractivity contribution in [3.05, 3.63) is 39.8 Å². The highest BCUT2D eigenvalue weighted by atomic mass is 32.2. The summed E-state index contributed by atoms with van der Waals surface area (Å²) in [5.74, 6) is 0.647. The Morgan fingerprint density at radius 2 is 2.05 bits per heavy atom. The molecule has 0 aliphatic heterocycles. The first-order valence-electron chi connectivity index (χ1n) is 6.90. The van der Waals surface area contributed by atoms with Crippen LogP contribution < -0.4 is 10.0 Å². The molecule has 0 saturated heterocycles. The molecule has 1 aliphatic rings. The Morgan fingerprint density at radius 1 is 1.24 bits per heavy atom. The van der Waals surface area contributed by atoms with E-state index in [1.807, 2.05) is 19.1 Å². The average molecular weight is 326 g/mol. The number of nitrogens with one attached hydrogen (secondary N) is 2. The Hall–Kier alpha value is -1.15. The number of furan rings is 1. The Bertz CT molecular complexity index is 714. The molecule has 2 heterocycles. The van der Waals surface area contributed by atoms with Crippen LogP contribution in [-0.4, -0.2) is 14.5 Å². The van der Waals surface area contributed by atoms with Crippen molar-refractivity contribution in [2.24, 2.45) is 0 Å². The number of rotatable bonds is 7. The highest BCUT2D eigenvalue weighted by Gasteiger charge is 2.22. The molecule has 7 heteroatoms. The van der Waals surface area contributed by atoms with E-state index in [9.17, 15) is 8.42 Å². The van der Waals surface area contributed by atoms with Crippen molar-refractivity contribution < 1.29 is 12.8 Å². The van der Waals surface area contributed by atoms with Gasteiger partial charge in [0.05, 0.1) is 6.54 Å².